The SMILES string of the molecule is CC.CC.c1cc(-n2c3ccccc3c3cccnc32)c2cccnc2c1.c1ccc(-c2cccc(-n3c4ccccc4c4ccccc43)c2)cc1. The van der Waals surface area contributed by atoms with Crippen molar-refractivity contribution in [2.24, 2.45) is 0 Å². The van der Waals surface area contributed by atoms with Crippen LogP contribution >= 0.6 is 0 Å². The molecular weight excluding hydrogens is 633 g/mol. The zero-order valence-corrected chi connectivity index (χ0v) is 30.1. The largest absolute Gasteiger partial charge is 0.309 e. The molecule has 4 aromatic heterocycles. The molecule has 0 saturated heterocycles. The molecule has 0 saturated carbocycles. The standard InChI is InChI=1S/C24H17N.C20H13N3.2C2H6/c1-2-9-18(10-3-1)19-11-8-12-20(17-19)25-23-15-6-4-13-21(23)22-14-5-7-16-24(22)25;1-2-10-18-14(6-1)15-7-4-13-22-20(15)23(18)19-11-3-9-17-16(19)8-5-12-21-17;2*1-2/h1-17H;1-13H;2*1-2H3. The Labute approximate surface area is 305 Å². The van der Waals surface area contributed by atoms with Gasteiger partial charge in [-0.1, -0.05) is 131 Å². The van der Waals surface area contributed by atoms with Crippen LogP contribution in [0.3, 0.4) is 0 Å². The minimum absolute atomic E-state index is 0.977. The summed E-state index contributed by atoms with van der Waals surface area (Å²) < 4.78 is 4.59. The molecule has 0 aliphatic carbocycles. The van der Waals surface area contributed by atoms with Crippen LogP contribution in [0.1, 0.15) is 27.7 Å². The van der Waals surface area contributed by atoms with E-state index < -0.39 is 0 Å². The highest BCUT2D eigenvalue weighted by Gasteiger charge is 2.15. The number of aromatic nitrogens is 4. The summed E-state index contributed by atoms with van der Waals surface area (Å²) in [6, 6.07) is 59.4. The first-order chi connectivity index (χ1) is 25.8. The maximum atomic E-state index is 4.64. The summed E-state index contributed by atoms with van der Waals surface area (Å²) in [6.45, 7) is 8.00. The van der Waals surface area contributed by atoms with Gasteiger partial charge in [-0.25, -0.2) is 4.98 Å². The van der Waals surface area contributed by atoms with Crippen molar-refractivity contribution in [2.75, 3.05) is 0 Å². The molecule has 0 unspecified atom stereocenters. The minimum Gasteiger partial charge on any atom is -0.309 e. The third kappa shape index (κ3) is 6.20. The molecule has 0 N–H and O–H groups in total. The third-order valence-electron chi connectivity index (χ3n) is 9.09. The molecule has 0 atom stereocenters. The van der Waals surface area contributed by atoms with Gasteiger partial charge in [0.1, 0.15) is 5.65 Å². The highest BCUT2D eigenvalue weighted by molar-refractivity contribution is 6.10. The first kappa shape index (κ1) is 34.0. The van der Waals surface area contributed by atoms with Gasteiger partial charge in [0, 0.05) is 45.0 Å². The minimum atomic E-state index is 0.977. The van der Waals surface area contributed by atoms with Gasteiger partial charge in [-0.2, -0.15) is 0 Å². The fraction of sp³-hybridized carbons (Fsp3) is 0.0833. The summed E-state index contributed by atoms with van der Waals surface area (Å²) in [5.74, 6) is 0. The topological polar surface area (TPSA) is 35.6 Å². The maximum Gasteiger partial charge on any atom is 0.145 e. The lowest BCUT2D eigenvalue weighted by atomic mass is 10.1. The van der Waals surface area contributed by atoms with Crippen molar-refractivity contribution in [3.05, 3.63) is 182 Å². The fourth-order valence-electron chi connectivity index (χ4n) is 6.98. The van der Waals surface area contributed by atoms with E-state index in [2.05, 4.69) is 165 Å². The lowest BCUT2D eigenvalue weighted by molar-refractivity contribution is 1.15. The van der Waals surface area contributed by atoms with Crippen LogP contribution in [0.15, 0.2) is 182 Å². The van der Waals surface area contributed by atoms with Crippen LogP contribution in [0, 0.1) is 0 Å². The molecule has 0 bridgehead atoms. The van der Waals surface area contributed by atoms with Crippen LogP contribution in [0.5, 0.6) is 0 Å². The van der Waals surface area contributed by atoms with E-state index in [1.165, 1.54) is 49.4 Å². The van der Waals surface area contributed by atoms with Crippen molar-refractivity contribution in [3.8, 4) is 22.5 Å². The lowest BCUT2D eigenvalue weighted by Crippen LogP contribution is -1.96. The van der Waals surface area contributed by atoms with Crippen LogP contribution in [-0.2, 0) is 0 Å². The summed E-state index contributed by atoms with van der Waals surface area (Å²) >= 11 is 0. The lowest BCUT2D eigenvalue weighted by Gasteiger charge is -2.10. The summed E-state index contributed by atoms with van der Waals surface area (Å²) in [5, 5.41) is 6.11. The van der Waals surface area contributed by atoms with Gasteiger partial charge in [0.2, 0.25) is 0 Å². The predicted octanol–water partition coefficient (Wildman–Crippen LogP) is 13.2. The summed E-state index contributed by atoms with van der Waals surface area (Å²) in [6.07, 6.45) is 3.68. The molecule has 0 amide bonds. The Hall–Kier alpha value is -6.52. The quantitative estimate of drug-likeness (QED) is 0.187. The monoisotopic (exact) mass is 674 g/mol. The Morgan fingerprint density at radius 3 is 1.54 bits per heavy atom. The molecule has 4 heterocycles. The molecule has 0 radical (unpaired) electrons. The van der Waals surface area contributed by atoms with E-state index in [1.54, 1.807) is 0 Å². The van der Waals surface area contributed by atoms with E-state index in [0.29, 0.717) is 0 Å². The van der Waals surface area contributed by atoms with Crippen molar-refractivity contribution < 1.29 is 0 Å². The molecule has 6 aromatic carbocycles. The van der Waals surface area contributed by atoms with E-state index in [4.69, 9.17) is 0 Å². The first-order valence-corrected chi connectivity index (χ1v) is 18.2. The number of rotatable bonds is 3. The Balaban J connectivity index is 0.000000148. The van der Waals surface area contributed by atoms with E-state index in [9.17, 15) is 0 Å². The van der Waals surface area contributed by atoms with Crippen molar-refractivity contribution in [1.82, 2.24) is 19.1 Å². The molecule has 0 aliphatic heterocycles. The summed E-state index contributed by atoms with van der Waals surface area (Å²) in [7, 11) is 0. The van der Waals surface area contributed by atoms with Gasteiger partial charge in [0.05, 0.1) is 27.8 Å². The smallest absolute Gasteiger partial charge is 0.145 e. The molecular formula is C48H42N4. The molecule has 52 heavy (non-hydrogen) atoms. The van der Waals surface area contributed by atoms with Gasteiger partial charge >= 0.3 is 0 Å². The van der Waals surface area contributed by atoms with Gasteiger partial charge < -0.3 is 4.57 Å². The van der Waals surface area contributed by atoms with Gasteiger partial charge in [-0.3, -0.25) is 9.55 Å². The molecule has 254 valence electrons. The van der Waals surface area contributed by atoms with E-state index in [1.807, 2.05) is 64.4 Å². The third-order valence-corrected chi connectivity index (χ3v) is 9.09. The number of benzene rings is 6. The van der Waals surface area contributed by atoms with E-state index in [-0.39, 0.29) is 0 Å². The van der Waals surface area contributed by atoms with Crippen LogP contribution in [-0.4, -0.2) is 19.1 Å². The van der Waals surface area contributed by atoms with Crippen LogP contribution in [0.4, 0.5) is 0 Å². The van der Waals surface area contributed by atoms with Crippen molar-refractivity contribution in [2.45, 2.75) is 27.7 Å². The van der Waals surface area contributed by atoms with Crippen LogP contribution in [0.25, 0.3) is 77.1 Å². The number of hydrogen-bond donors (Lipinski definition) is 0. The number of hydrogen-bond acceptors (Lipinski definition) is 2. The van der Waals surface area contributed by atoms with Crippen molar-refractivity contribution in [1.29, 1.82) is 0 Å². The average Bonchev–Trinajstić information content (AvgIpc) is 3.76. The second kappa shape index (κ2) is 15.6. The number of para-hydroxylation sites is 3. The van der Waals surface area contributed by atoms with E-state index >= 15 is 0 Å². The average molecular weight is 675 g/mol. The van der Waals surface area contributed by atoms with Gasteiger partial charge in [0.15, 0.2) is 0 Å². The highest BCUT2D eigenvalue weighted by Crippen LogP contribution is 2.34. The molecule has 10 aromatic rings. The molecule has 4 heteroatoms. The molecule has 10 rings (SSSR count). The first-order valence-electron chi connectivity index (χ1n) is 18.2. The zero-order valence-electron chi connectivity index (χ0n) is 30.1. The van der Waals surface area contributed by atoms with Crippen molar-refractivity contribution >= 4 is 54.6 Å². The van der Waals surface area contributed by atoms with Gasteiger partial charge in [-0.15, -0.1) is 0 Å². The van der Waals surface area contributed by atoms with Crippen LogP contribution < -0.4 is 0 Å². The van der Waals surface area contributed by atoms with Gasteiger partial charge in [-0.05, 0) is 77.9 Å². The maximum absolute atomic E-state index is 4.64. The highest BCUT2D eigenvalue weighted by atomic mass is 15.0. The van der Waals surface area contributed by atoms with E-state index in [0.717, 1.165) is 27.8 Å². The molecule has 4 nitrogen and oxygen atoms in total. The number of pyridine rings is 2. The Morgan fingerprint density at radius 1 is 0.365 bits per heavy atom. The Kier molecular flexibility index (Phi) is 10.2. The summed E-state index contributed by atoms with van der Waals surface area (Å²) in [4.78, 5) is 9.12. The van der Waals surface area contributed by atoms with Gasteiger partial charge in [0.25, 0.3) is 0 Å². The molecule has 0 spiro atoms. The van der Waals surface area contributed by atoms with Crippen LogP contribution in [0.2, 0.25) is 0 Å². The zero-order chi connectivity index (χ0) is 35.9. The fourth-order valence-corrected chi connectivity index (χ4v) is 6.98. The van der Waals surface area contributed by atoms with Crippen molar-refractivity contribution in [3.63, 3.8) is 0 Å². The normalized spacial score (nSPS) is 10.7. The second-order valence-corrected chi connectivity index (χ2v) is 11.9. The Morgan fingerprint density at radius 2 is 0.865 bits per heavy atom. The second-order valence-electron chi connectivity index (χ2n) is 11.9. The molecule has 0 fully saturated rings. The molecule has 0 aliphatic rings. The number of nitrogens with zero attached hydrogens (tertiary/aromatic N) is 4. The number of fused-ring (bicyclic) bond motifs is 7. The summed E-state index contributed by atoms with van der Waals surface area (Å²) in [5.41, 5.74) is 10.4. The Bertz CT molecular complexity index is 2630. The predicted molar refractivity (Wildman–Crippen MR) is 223 cm³/mol.